The lowest BCUT2D eigenvalue weighted by molar-refractivity contribution is -0.147. The molecule has 10 heteroatoms. The van der Waals surface area contributed by atoms with Gasteiger partial charge in [-0.3, -0.25) is 19.2 Å². The highest BCUT2D eigenvalue weighted by atomic mass is 16.5. The molecule has 0 unspecified atom stereocenters. The number of nitrogens with one attached hydrogen (secondary N) is 1. The number of carbonyl (C=O) groups excluding carboxylic acids is 4. The predicted octanol–water partition coefficient (Wildman–Crippen LogP) is 11.2. The Morgan fingerprint density at radius 3 is 1.30 bits per heavy atom. The lowest BCUT2D eigenvalue weighted by Crippen LogP contribution is -2.38. The fourth-order valence-corrected chi connectivity index (χ4v) is 6.63. The molecular weight excluding hydrogens is 721 g/mol. The molecule has 0 fully saturated rings. The average Bonchev–Trinajstić information content (AvgIpc) is 3.17. The molecule has 2 amide bonds. The van der Waals surface area contributed by atoms with Gasteiger partial charge in [0.1, 0.15) is 13.2 Å². The van der Waals surface area contributed by atoms with Gasteiger partial charge in [0.05, 0.1) is 30.9 Å². The number of amides is 2. The summed E-state index contributed by atoms with van der Waals surface area (Å²) in [5.41, 5.74) is -0.675. The van der Waals surface area contributed by atoms with Gasteiger partial charge in [-0.25, -0.2) is 0 Å². The third-order valence-corrected chi connectivity index (χ3v) is 10.9. The zero-order valence-corrected chi connectivity index (χ0v) is 38.3. The molecule has 0 aliphatic carbocycles. The molecule has 0 bridgehead atoms. The number of hydrogen-bond acceptors (Lipinski definition) is 8. The second kappa shape index (κ2) is 36.8. The first kappa shape index (κ1) is 54.8. The fourth-order valence-electron chi connectivity index (χ4n) is 6.63. The number of hydrogen-bond donors (Lipinski definition) is 1. The molecule has 336 valence electrons. The van der Waals surface area contributed by atoms with E-state index in [9.17, 15) is 19.2 Å². The Hall–Kier alpha value is -2.20. The van der Waals surface area contributed by atoms with E-state index in [1.807, 2.05) is 27.7 Å². The molecular formula is C47H90N2O8. The summed E-state index contributed by atoms with van der Waals surface area (Å²) in [6, 6.07) is 0. The second-order valence-electron chi connectivity index (χ2n) is 17.3. The zero-order valence-electron chi connectivity index (χ0n) is 38.3. The Morgan fingerprint density at radius 2 is 0.895 bits per heavy atom. The van der Waals surface area contributed by atoms with Crippen LogP contribution in [0.4, 0.5) is 0 Å². The van der Waals surface area contributed by atoms with E-state index in [1.165, 1.54) is 108 Å². The molecule has 0 spiro atoms. The number of ether oxygens (including phenoxy) is 4. The van der Waals surface area contributed by atoms with Gasteiger partial charge in [-0.05, 0) is 53.4 Å². The van der Waals surface area contributed by atoms with Crippen molar-refractivity contribution in [2.75, 3.05) is 46.6 Å². The van der Waals surface area contributed by atoms with E-state index in [2.05, 4.69) is 19.2 Å². The van der Waals surface area contributed by atoms with Gasteiger partial charge in [-0.2, -0.15) is 0 Å². The zero-order chi connectivity index (χ0) is 42.5. The van der Waals surface area contributed by atoms with Crippen LogP contribution in [0.25, 0.3) is 0 Å². The van der Waals surface area contributed by atoms with E-state index in [4.69, 9.17) is 18.9 Å². The highest BCUT2D eigenvalue weighted by Crippen LogP contribution is 2.19. The summed E-state index contributed by atoms with van der Waals surface area (Å²) in [4.78, 5) is 52.4. The van der Waals surface area contributed by atoms with Crippen LogP contribution in [-0.2, 0) is 38.1 Å². The van der Waals surface area contributed by atoms with Crippen molar-refractivity contribution in [2.24, 2.45) is 0 Å². The van der Waals surface area contributed by atoms with Crippen LogP contribution in [0.5, 0.6) is 0 Å². The van der Waals surface area contributed by atoms with Crippen LogP contribution < -0.4 is 5.32 Å². The van der Waals surface area contributed by atoms with Crippen molar-refractivity contribution < 1.29 is 38.1 Å². The molecule has 0 atom stereocenters. The van der Waals surface area contributed by atoms with Gasteiger partial charge in [0.25, 0.3) is 0 Å². The quantitative estimate of drug-likeness (QED) is 0.0479. The minimum absolute atomic E-state index is 0.0111. The van der Waals surface area contributed by atoms with Crippen LogP contribution in [0.15, 0.2) is 0 Å². The highest BCUT2D eigenvalue weighted by Gasteiger charge is 2.22. The summed E-state index contributed by atoms with van der Waals surface area (Å²) < 4.78 is 22.5. The van der Waals surface area contributed by atoms with Gasteiger partial charge in [-0.1, -0.05) is 142 Å². The van der Waals surface area contributed by atoms with E-state index in [0.29, 0.717) is 32.4 Å². The maximum atomic E-state index is 13.3. The van der Waals surface area contributed by atoms with Crippen molar-refractivity contribution in [3.8, 4) is 0 Å². The minimum atomic E-state index is -0.418. The van der Waals surface area contributed by atoms with Gasteiger partial charge in [0.15, 0.2) is 0 Å². The summed E-state index contributed by atoms with van der Waals surface area (Å²) >= 11 is 0. The lowest BCUT2D eigenvalue weighted by atomic mass is 10.0. The summed E-state index contributed by atoms with van der Waals surface area (Å²) in [7, 11) is 1.69. The summed E-state index contributed by atoms with van der Waals surface area (Å²) in [5, 5.41) is 2.91. The van der Waals surface area contributed by atoms with Crippen molar-refractivity contribution in [1.29, 1.82) is 0 Å². The third-order valence-electron chi connectivity index (χ3n) is 10.9. The number of esters is 2. The lowest BCUT2D eigenvalue weighted by Gasteiger charge is -2.29. The number of unbranched alkanes of at least 4 members (excludes halogenated alkanes) is 20. The molecule has 0 saturated carbocycles. The van der Waals surface area contributed by atoms with Crippen LogP contribution in [-0.4, -0.2) is 86.4 Å². The second-order valence-corrected chi connectivity index (χ2v) is 17.3. The first-order valence-electron chi connectivity index (χ1n) is 23.4. The van der Waals surface area contributed by atoms with Gasteiger partial charge < -0.3 is 29.2 Å². The normalized spacial score (nSPS) is 11.8. The Kier molecular flexibility index (Phi) is 35.4. The topological polar surface area (TPSA) is 120 Å². The first-order chi connectivity index (χ1) is 27.4. The van der Waals surface area contributed by atoms with Crippen molar-refractivity contribution in [1.82, 2.24) is 10.2 Å². The van der Waals surface area contributed by atoms with Gasteiger partial charge in [-0.15, -0.1) is 0 Å². The van der Waals surface area contributed by atoms with E-state index in [1.54, 1.807) is 7.11 Å². The summed E-state index contributed by atoms with van der Waals surface area (Å²) in [6.07, 6.45) is 28.9. The molecule has 0 aliphatic heterocycles. The predicted molar refractivity (Wildman–Crippen MR) is 233 cm³/mol. The fraction of sp³-hybridized carbons (Fsp3) is 0.915. The largest absolute Gasteiger partial charge is 0.464 e. The van der Waals surface area contributed by atoms with Gasteiger partial charge in [0.2, 0.25) is 11.8 Å². The molecule has 57 heavy (non-hydrogen) atoms. The van der Waals surface area contributed by atoms with E-state index in [0.717, 1.165) is 44.9 Å². The number of methoxy groups -OCH3 is 1. The van der Waals surface area contributed by atoms with Crippen molar-refractivity contribution >= 4 is 23.8 Å². The van der Waals surface area contributed by atoms with Crippen LogP contribution in [0.2, 0.25) is 0 Å². The van der Waals surface area contributed by atoms with Crippen LogP contribution in [0.3, 0.4) is 0 Å². The number of rotatable bonds is 41. The summed E-state index contributed by atoms with van der Waals surface area (Å²) in [5.74, 6) is -0.968. The third kappa shape index (κ3) is 36.6. The highest BCUT2D eigenvalue weighted by molar-refractivity contribution is 5.83. The molecule has 0 saturated heterocycles. The maximum Gasteiger partial charge on any atom is 0.305 e. The first-order valence-corrected chi connectivity index (χ1v) is 23.4. The SMILES string of the molecule is CCCCCCCCCCCCCC(=O)OCCN(CCOC(=O)CCCCCCCCCCCCC)C(=O)CCC(=O)NCCC(C)(C)OCCC(C)(C)OC. The molecule has 0 aromatic heterocycles. The Bertz CT molecular complexity index is 958. The minimum Gasteiger partial charge on any atom is -0.464 e. The van der Waals surface area contributed by atoms with Crippen molar-refractivity contribution in [3.63, 3.8) is 0 Å². The van der Waals surface area contributed by atoms with E-state index >= 15 is 0 Å². The standard InChI is InChI=1S/C47H90N2O8/c1-8-10-12-14-16-18-20-22-24-26-28-30-44(52)55-40-37-49(38-41-56-45(53)31-29-27-25-23-21-19-17-15-13-11-9-2)43(51)33-32-42(50)48-36-34-47(5,6)57-39-35-46(3,4)54-7/h8-41H2,1-7H3,(H,48,50). The molecule has 0 heterocycles. The van der Waals surface area contributed by atoms with Crippen molar-refractivity contribution in [3.05, 3.63) is 0 Å². The van der Waals surface area contributed by atoms with E-state index in [-0.39, 0.29) is 68.5 Å². The molecule has 10 nitrogen and oxygen atoms in total. The average molecular weight is 811 g/mol. The molecule has 0 radical (unpaired) electrons. The smallest absolute Gasteiger partial charge is 0.305 e. The number of carbonyl (C=O) groups is 4. The monoisotopic (exact) mass is 811 g/mol. The Morgan fingerprint density at radius 1 is 0.491 bits per heavy atom. The van der Waals surface area contributed by atoms with Gasteiger partial charge >= 0.3 is 11.9 Å². The van der Waals surface area contributed by atoms with Gasteiger partial charge in [0, 0.05) is 39.3 Å². The molecule has 0 aliphatic rings. The molecule has 0 aromatic rings. The number of nitrogens with zero attached hydrogens (tertiary/aromatic N) is 1. The maximum absolute atomic E-state index is 13.3. The Balaban J connectivity index is 4.63. The Labute approximate surface area is 350 Å². The molecule has 0 rings (SSSR count). The summed E-state index contributed by atoms with van der Waals surface area (Å²) in [6.45, 7) is 14.0. The van der Waals surface area contributed by atoms with E-state index < -0.39 is 5.60 Å². The van der Waals surface area contributed by atoms with Crippen LogP contribution >= 0.6 is 0 Å². The van der Waals surface area contributed by atoms with Crippen LogP contribution in [0.1, 0.15) is 221 Å². The molecule has 1 N–H and O–H groups in total. The molecule has 0 aromatic carbocycles. The van der Waals surface area contributed by atoms with Crippen LogP contribution in [0, 0.1) is 0 Å². The van der Waals surface area contributed by atoms with Crippen molar-refractivity contribution in [2.45, 2.75) is 233 Å².